The van der Waals surface area contributed by atoms with Gasteiger partial charge in [0.25, 0.3) is 11.8 Å². The van der Waals surface area contributed by atoms with Crippen molar-refractivity contribution in [3.05, 3.63) is 47.3 Å². The van der Waals surface area contributed by atoms with Crippen LogP contribution in [0.2, 0.25) is 0 Å². The molecule has 1 fully saturated rings. The predicted molar refractivity (Wildman–Crippen MR) is 110 cm³/mol. The highest BCUT2D eigenvalue weighted by Crippen LogP contribution is 2.22. The molecule has 1 atom stereocenters. The van der Waals surface area contributed by atoms with E-state index in [2.05, 4.69) is 21.8 Å². The molecule has 2 aromatic rings. The number of benzene rings is 1. The molecule has 30 heavy (non-hydrogen) atoms. The maximum Gasteiger partial charge on any atom is 0.267 e. The molecule has 0 bridgehead atoms. The van der Waals surface area contributed by atoms with Gasteiger partial charge in [0.05, 0.1) is 0 Å². The monoisotopic (exact) mass is 408 g/mol. The van der Waals surface area contributed by atoms with Crippen LogP contribution in [-0.4, -0.2) is 64.7 Å². The second-order valence-electron chi connectivity index (χ2n) is 7.20. The Morgan fingerprint density at radius 1 is 1.43 bits per heavy atom. The van der Waals surface area contributed by atoms with E-state index in [1.54, 1.807) is 44.6 Å². The summed E-state index contributed by atoms with van der Waals surface area (Å²) in [5.41, 5.74) is 5.94. The SMILES string of the molecule is COCCCc1cnc(-c2cccc(C#C[C@]3(O)CCN(C)C3=O)c2)nc1C(N)=O. The molecule has 2 heterocycles. The minimum atomic E-state index is -1.66. The number of rotatable bonds is 6. The summed E-state index contributed by atoms with van der Waals surface area (Å²) in [5, 5.41) is 10.4. The number of carbonyl (C=O) groups excluding carboxylic acids is 2. The van der Waals surface area contributed by atoms with E-state index in [0.29, 0.717) is 42.1 Å². The van der Waals surface area contributed by atoms with Crippen LogP contribution in [0.15, 0.2) is 30.5 Å². The smallest absolute Gasteiger partial charge is 0.267 e. The van der Waals surface area contributed by atoms with E-state index >= 15 is 0 Å². The van der Waals surface area contributed by atoms with Gasteiger partial charge in [0.2, 0.25) is 5.60 Å². The number of carbonyl (C=O) groups is 2. The second-order valence-corrected chi connectivity index (χ2v) is 7.20. The van der Waals surface area contributed by atoms with Gasteiger partial charge >= 0.3 is 0 Å². The molecule has 8 nitrogen and oxygen atoms in total. The van der Waals surface area contributed by atoms with E-state index in [4.69, 9.17) is 10.5 Å². The molecule has 0 spiro atoms. The van der Waals surface area contributed by atoms with Crippen LogP contribution in [-0.2, 0) is 16.0 Å². The lowest BCUT2D eigenvalue weighted by Gasteiger charge is -2.13. The number of likely N-dealkylation sites (N-methyl/N-ethyl adjacent to an activating group) is 1. The maximum atomic E-state index is 12.1. The van der Waals surface area contributed by atoms with Gasteiger partial charge in [-0.05, 0) is 25.0 Å². The molecule has 8 heteroatoms. The van der Waals surface area contributed by atoms with Crippen molar-refractivity contribution in [3.63, 3.8) is 0 Å². The maximum absolute atomic E-state index is 12.1. The van der Waals surface area contributed by atoms with E-state index in [1.165, 1.54) is 4.90 Å². The average molecular weight is 408 g/mol. The van der Waals surface area contributed by atoms with Crippen LogP contribution in [0.1, 0.15) is 34.5 Å². The van der Waals surface area contributed by atoms with E-state index in [0.717, 1.165) is 6.42 Å². The van der Waals surface area contributed by atoms with Crippen molar-refractivity contribution in [2.75, 3.05) is 27.3 Å². The first kappa shape index (κ1) is 21.4. The number of aryl methyl sites for hydroxylation is 1. The third kappa shape index (κ3) is 4.64. The molecule has 1 aromatic heterocycles. The van der Waals surface area contributed by atoms with Gasteiger partial charge < -0.3 is 20.5 Å². The Labute approximate surface area is 175 Å². The summed E-state index contributed by atoms with van der Waals surface area (Å²) in [6, 6.07) is 7.06. The summed E-state index contributed by atoms with van der Waals surface area (Å²) in [6.07, 6.45) is 3.18. The first-order valence-electron chi connectivity index (χ1n) is 9.60. The molecular formula is C22H24N4O4. The molecule has 0 aliphatic carbocycles. The molecule has 0 saturated carbocycles. The van der Waals surface area contributed by atoms with Crippen LogP contribution >= 0.6 is 0 Å². The van der Waals surface area contributed by atoms with Crippen molar-refractivity contribution >= 4 is 11.8 Å². The van der Waals surface area contributed by atoms with Crippen molar-refractivity contribution in [1.29, 1.82) is 0 Å². The standard InChI is InChI=1S/C22H24N4O4/c1-26-11-10-22(29,21(26)28)9-8-15-5-3-6-16(13-15)20-24-14-17(7-4-12-30-2)18(25-20)19(23)27/h3,5-6,13-14,29H,4,7,10-12H2,1-2H3,(H2,23,27)/t22-/m0/s1. The second kappa shape index (κ2) is 9.03. The number of aromatic nitrogens is 2. The lowest BCUT2D eigenvalue weighted by atomic mass is 10.0. The largest absolute Gasteiger partial charge is 0.385 e. The van der Waals surface area contributed by atoms with Crippen LogP contribution in [0.4, 0.5) is 0 Å². The van der Waals surface area contributed by atoms with Gasteiger partial charge in [-0.3, -0.25) is 9.59 Å². The van der Waals surface area contributed by atoms with Crippen LogP contribution in [0.3, 0.4) is 0 Å². The highest BCUT2D eigenvalue weighted by Gasteiger charge is 2.42. The molecule has 0 radical (unpaired) electrons. The van der Waals surface area contributed by atoms with Gasteiger partial charge in [0.15, 0.2) is 5.82 Å². The van der Waals surface area contributed by atoms with E-state index in [9.17, 15) is 14.7 Å². The average Bonchev–Trinajstić information content (AvgIpc) is 3.00. The Kier molecular flexibility index (Phi) is 6.45. The van der Waals surface area contributed by atoms with Crippen LogP contribution in [0.5, 0.6) is 0 Å². The van der Waals surface area contributed by atoms with Gasteiger partial charge in [0, 0.05) is 56.6 Å². The molecule has 1 aliphatic rings. The summed E-state index contributed by atoms with van der Waals surface area (Å²) in [7, 11) is 3.25. The highest BCUT2D eigenvalue weighted by atomic mass is 16.5. The number of likely N-dealkylation sites (tertiary alicyclic amines) is 1. The number of hydrogen-bond acceptors (Lipinski definition) is 6. The molecule has 2 amide bonds. The lowest BCUT2D eigenvalue weighted by molar-refractivity contribution is -0.137. The van der Waals surface area contributed by atoms with E-state index < -0.39 is 17.4 Å². The molecule has 3 N–H and O–H groups in total. The number of methoxy groups -OCH3 is 1. The van der Waals surface area contributed by atoms with Gasteiger partial charge in [0.1, 0.15) is 5.69 Å². The number of amides is 2. The number of aliphatic hydroxyl groups is 1. The first-order valence-corrected chi connectivity index (χ1v) is 9.60. The summed E-state index contributed by atoms with van der Waals surface area (Å²) in [5.74, 6) is 4.88. The van der Waals surface area contributed by atoms with E-state index in [1.807, 2.05) is 0 Å². The summed E-state index contributed by atoms with van der Waals surface area (Å²) in [4.78, 5) is 34.1. The lowest BCUT2D eigenvalue weighted by Crippen LogP contribution is -2.37. The molecule has 1 aromatic carbocycles. The fourth-order valence-electron chi connectivity index (χ4n) is 3.23. The Hall–Kier alpha value is -3.28. The fraction of sp³-hybridized carbons (Fsp3) is 0.364. The summed E-state index contributed by atoms with van der Waals surface area (Å²) in [6.45, 7) is 1.02. The minimum Gasteiger partial charge on any atom is -0.385 e. The Morgan fingerprint density at radius 2 is 2.23 bits per heavy atom. The van der Waals surface area contributed by atoms with Crippen LogP contribution in [0.25, 0.3) is 11.4 Å². The van der Waals surface area contributed by atoms with Crippen molar-refractivity contribution < 1.29 is 19.4 Å². The molecule has 1 aliphatic heterocycles. The van der Waals surface area contributed by atoms with Gasteiger partial charge in [-0.2, -0.15) is 0 Å². The third-order valence-electron chi connectivity index (χ3n) is 4.94. The number of nitrogens with zero attached hydrogens (tertiary/aromatic N) is 3. The van der Waals surface area contributed by atoms with Gasteiger partial charge in [-0.15, -0.1) is 0 Å². The fourth-order valence-corrected chi connectivity index (χ4v) is 3.23. The highest BCUT2D eigenvalue weighted by molar-refractivity contribution is 5.92. The molecule has 1 saturated heterocycles. The first-order chi connectivity index (χ1) is 14.3. The predicted octanol–water partition coefficient (Wildman–Crippen LogP) is 0.766. The topological polar surface area (TPSA) is 119 Å². The van der Waals surface area contributed by atoms with E-state index in [-0.39, 0.29) is 12.1 Å². The molecular weight excluding hydrogens is 384 g/mol. The van der Waals surface area contributed by atoms with Crippen molar-refractivity contribution in [2.45, 2.75) is 24.9 Å². The normalized spacial score (nSPS) is 18.2. The van der Waals surface area contributed by atoms with Crippen molar-refractivity contribution in [1.82, 2.24) is 14.9 Å². The number of nitrogens with two attached hydrogens (primary N) is 1. The Morgan fingerprint density at radius 3 is 2.90 bits per heavy atom. The Bertz CT molecular complexity index is 1030. The number of ether oxygens (including phenoxy) is 1. The number of primary amides is 1. The number of hydrogen-bond donors (Lipinski definition) is 2. The third-order valence-corrected chi connectivity index (χ3v) is 4.94. The Balaban J connectivity index is 1.87. The minimum absolute atomic E-state index is 0.182. The zero-order chi connectivity index (χ0) is 21.7. The quantitative estimate of drug-likeness (QED) is 0.538. The van der Waals surface area contributed by atoms with Crippen LogP contribution < -0.4 is 5.73 Å². The molecule has 0 unspecified atom stereocenters. The zero-order valence-electron chi connectivity index (χ0n) is 17.0. The zero-order valence-corrected chi connectivity index (χ0v) is 17.0. The van der Waals surface area contributed by atoms with Gasteiger partial charge in [-0.25, -0.2) is 9.97 Å². The molecule has 3 rings (SSSR count). The molecule has 156 valence electrons. The van der Waals surface area contributed by atoms with Gasteiger partial charge in [-0.1, -0.05) is 24.0 Å². The van der Waals surface area contributed by atoms with Crippen LogP contribution in [0, 0.1) is 11.8 Å². The summed E-state index contributed by atoms with van der Waals surface area (Å²) < 4.78 is 5.04. The summed E-state index contributed by atoms with van der Waals surface area (Å²) >= 11 is 0. The van der Waals surface area contributed by atoms with Crippen molar-refractivity contribution in [2.24, 2.45) is 5.73 Å². The van der Waals surface area contributed by atoms with Crippen molar-refractivity contribution in [3.8, 4) is 23.2 Å².